The fourth-order valence-electron chi connectivity index (χ4n) is 9.47. The third-order valence-corrected chi connectivity index (χ3v) is 12.3. The molecule has 0 N–H and O–H groups in total. The van der Waals surface area contributed by atoms with Gasteiger partial charge in [-0.1, -0.05) is 172 Å². The van der Waals surface area contributed by atoms with Gasteiger partial charge in [-0.15, -0.1) is 0 Å². The van der Waals surface area contributed by atoms with Crippen LogP contribution in [0.3, 0.4) is 0 Å². The number of benzene rings is 8. The summed E-state index contributed by atoms with van der Waals surface area (Å²) in [6.07, 6.45) is 8.86. The summed E-state index contributed by atoms with van der Waals surface area (Å²) in [7, 11) is 0. The molecule has 0 amide bonds. The van der Waals surface area contributed by atoms with Crippen LogP contribution in [0.15, 0.2) is 192 Å². The lowest BCUT2D eigenvalue weighted by molar-refractivity contribution is 0.366. The summed E-state index contributed by atoms with van der Waals surface area (Å²) in [6, 6.07) is 68.9. The van der Waals surface area contributed by atoms with Crippen LogP contribution in [0, 0.1) is 0 Å². The maximum atomic E-state index is 6.50. The van der Waals surface area contributed by atoms with E-state index in [1.165, 1.54) is 89.1 Å². The fraction of sp³-hybridized carbons (Fsp3) is 0.148. The van der Waals surface area contributed by atoms with Gasteiger partial charge in [-0.05, 0) is 106 Å². The highest BCUT2D eigenvalue weighted by Crippen LogP contribution is 2.46. The highest BCUT2D eigenvalue weighted by Gasteiger charge is 2.34. The number of anilines is 3. The molecule has 1 aliphatic carbocycles. The summed E-state index contributed by atoms with van der Waals surface area (Å²) >= 11 is 0. The number of hydrogen-bond donors (Lipinski definition) is 0. The van der Waals surface area contributed by atoms with Crippen LogP contribution in [-0.2, 0) is 5.41 Å². The van der Waals surface area contributed by atoms with Crippen LogP contribution < -0.4 is 4.90 Å². The Balaban J connectivity index is 1.12. The topological polar surface area (TPSA) is 16.4 Å². The van der Waals surface area contributed by atoms with Gasteiger partial charge in [-0.2, -0.15) is 0 Å². The van der Waals surface area contributed by atoms with Crippen molar-refractivity contribution in [2.24, 2.45) is 0 Å². The van der Waals surface area contributed by atoms with Gasteiger partial charge in [-0.25, -0.2) is 0 Å². The molecule has 0 aliphatic heterocycles. The van der Waals surface area contributed by atoms with Crippen LogP contribution in [0.5, 0.6) is 0 Å². The van der Waals surface area contributed by atoms with Gasteiger partial charge in [0.1, 0.15) is 11.2 Å². The summed E-state index contributed by atoms with van der Waals surface area (Å²) in [5, 5.41) is 4.78. The van der Waals surface area contributed by atoms with E-state index in [-0.39, 0.29) is 5.41 Å². The Kier molecular flexibility index (Phi) is 8.96. The number of furan rings is 1. The number of rotatable bonds is 7. The quantitative estimate of drug-likeness (QED) is 0.163. The molecule has 272 valence electrons. The minimum Gasteiger partial charge on any atom is -0.456 e. The monoisotopic (exact) mass is 723 g/mol. The minimum absolute atomic E-state index is 0.0214. The van der Waals surface area contributed by atoms with Crippen molar-refractivity contribution in [2.45, 2.75) is 50.4 Å². The fourth-order valence-corrected chi connectivity index (χ4v) is 9.47. The summed E-state index contributed by atoms with van der Waals surface area (Å²) in [6.45, 7) is 0. The van der Waals surface area contributed by atoms with Gasteiger partial charge in [-0.3, -0.25) is 0 Å². The third kappa shape index (κ3) is 6.16. The number of fused-ring (bicyclic) bond motifs is 4. The first-order valence-electron chi connectivity index (χ1n) is 20.3. The average molecular weight is 724 g/mol. The van der Waals surface area contributed by atoms with Gasteiger partial charge in [0, 0.05) is 33.2 Å². The molecule has 1 aliphatic rings. The Bertz CT molecular complexity index is 2750. The van der Waals surface area contributed by atoms with Crippen molar-refractivity contribution in [3.63, 3.8) is 0 Å². The maximum Gasteiger partial charge on any atom is 0.136 e. The minimum atomic E-state index is 0.0214. The van der Waals surface area contributed by atoms with E-state index < -0.39 is 0 Å². The first kappa shape index (κ1) is 34.1. The first-order chi connectivity index (χ1) is 27.7. The van der Waals surface area contributed by atoms with Gasteiger partial charge in [0.25, 0.3) is 0 Å². The molecule has 0 bridgehead atoms. The zero-order chi connectivity index (χ0) is 37.3. The molecule has 8 aromatic carbocycles. The Hall–Kier alpha value is -6.38. The average Bonchev–Trinajstić information content (AvgIpc) is 3.63. The van der Waals surface area contributed by atoms with Gasteiger partial charge in [0.15, 0.2) is 0 Å². The molecule has 1 fully saturated rings. The van der Waals surface area contributed by atoms with Crippen molar-refractivity contribution in [2.75, 3.05) is 4.90 Å². The van der Waals surface area contributed by atoms with E-state index in [4.69, 9.17) is 4.42 Å². The predicted octanol–water partition coefficient (Wildman–Crippen LogP) is 15.6. The van der Waals surface area contributed by atoms with Crippen molar-refractivity contribution in [1.82, 2.24) is 0 Å². The van der Waals surface area contributed by atoms with Crippen molar-refractivity contribution in [3.05, 3.63) is 199 Å². The van der Waals surface area contributed by atoms with Crippen molar-refractivity contribution >= 4 is 49.8 Å². The van der Waals surface area contributed by atoms with E-state index in [1.807, 2.05) is 0 Å². The zero-order valence-corrected chi connectivity index (χ0v) is 31.7. The van der Waals surface area contributed by atoms with Crippen molar-refractivity contribution in [1.29, 1.82) is 0 Å². The molecule has 0 unspecified atom stereocenters. The smallest absolute Gasteiger partial charge is 0.136 e. The highest BCUT2D eigenvalue weighted by atomic mass is 16.3. The zero-order valence-electron chi connectivity index (χ0n) is 31.7. The van der Waals surface area contributed by atoms with E-state index >= 15 is 0 Å². The Morgan fingerprint density at radius 2 is 0.964 bits per heavy atom. The van der Waals surface area contributed by atoms with Crippen molar-refractivity contribution in [3.8, 4) is 22.3 Å². The Labute approximate surface area is 329 Å². The molecule has 2 nitrogen and oxygen atoms in total. The van der Waals surface area contributed by atoms with Crippen LogP contribution in [-0.4, -0.2) is 0 Å². The lowest BCUT2D eigenvalue weighted by atomic mass is 9.67. The summed E-state index contributed by atoms with van der Waals surface area (Å²) in [4.78, 5) is 2.41. The molecule has 56 heavy (non-hydrogen) atoms. The predicted molar refractivity (Wildman–Crippen MR) is 236 cm³/mol. The first-order valence-corrected chi connectivity index (χ1v) is 20.3. The number of hydrogen-bond acceptors (Lipinski definition) is 2. The van der Waals surface area contributed by atoms with Gasteiger partial charge >= 0.3 is 0 Å². The standard InChI is InChI=1S/C54H45NO/c1-2-12-36-54(37-13-3-1,42-20-8-5-9-21-42)43-28-32-45(33-29-43)55(44-30-26-41(27-31-44)48-23-14-19-39-18-10-11-22-47(39)48)46-34-35-51-50(38-46)53-49(24-15-25-52(53)56-51)40-16-6-4-7-17-40/h4-11,14-35,38H,1-3,12-13,36-37H2. The second-order valence-electron chi connectivity index (χ2n) is 15.5. The Morgan fingerprint density at radius 1 is 0.393 bits per heavy atom. The molecule has 9 aromatic rings. The van der Waals surface area contributed by atoms with Gasteiger partial charge in [0.05, 0.1) is 0 Å². The molecule has 0 radical (unpaired) electrons. The third-order valence-electron chi connectivity index (χ3n) is 12.3. The molecule has 2 heteroatoms. The molecular formula is C54H45NO. The lowest BCUT2D eigenvalue weighted by Gasteiger charge is -2.37. The molecule has 0 spiro atoms. The van der Waals surface area contributed by atoms with Gasteiger partial charge in [0.2, 0.25) is 0 Å². The molecule has 1 heterocycles. The second-order valence-corrected chi connectivity index (χ2v) is 15.5. The molecular weight excluding hydrogens is 679 g/mol. The molecule has 1 aromatic heterocycles. The molecule has 10 rings (SSSR count). The van der Waals surface area contributed by atoms with Gasteiger partial charge < -0.3 is 9.32 Å². The van der Waals surface area contributed by atoms with Crippen LogP contribution in [0.2, 0.25) is 0 Å². The van der Waals surface area contributed by atoms with E-state index in [0.717, 1.165) is 39.0 Å². The van der Waals surface area contributed by atoms with E-state index in [1.54, 1.807) is 0 Å². The van der Waals surface area contributed by atoms with Crippen LogP contribution >= 0.6 is 0 Å². The SMILES string of the molecule is c1ccc(-c2cccc3oc4ccc(N(c5ccc(-c6cccc7ccccc67)cc5)c5ccc(C6(c7ccccc7)CCCCCCC6)cc5)cc4c23)cc1. The van der Waals surface area contributed by atoms with Crippen LogP contribution in [0.25, 0.3) is 55.0 Å². The highest BCUT2D eigenvalue weighted by molar-refractivity contribution is 6.13. The van der Waals surface area contributed by atoms with E-state index in [2.05, 4.69) is 193 Å². The van der Waals surface area contributed by atoms with E-state index in [9.17, 15) is 0 Å². The maximum absolute atomic E-state index is 6.50. The molecule has 0 atom stereocenters. The molecule has 0 saturated heterocycles. The summed E-state index contributed by atoms with van der Waals surface area (Å²) in [5.74, 6) is 0. The van der Waals surface area contributed by atoms with E-state index in [0.29, 0.717) is 0 Å². The molecule has 1 saturated carbocycles. The van der Waals surface area contributed by atoms with Crippen molar-refractivity contribution < 1.29 is 4.42 Å². The number of nitrogens with zero attached hydrogens (tertiary/aromatic N) is 1. The lowest BCUT2D eigenvalue weighted by Crippen LogP contribution is -2.29. The second kappa shape index (κ2) is 14.7. The summed E-state index contributed by atoms with van der Waals surface area (Å²) in [5.41, 5.74) is 12.8. The largest absolute Gasteiger partial charge is 0.456 e. The van der Waals surface area contributed by atoms with Crippen LogP contribution in [0.4, 0.5) is 17.1 Å². The Morgan fingerprint density at radius 3 is 1.73 bits per heavy atom. The summed E-state index contributed by atoms with van der Waals surface area (Å²) < 4.78 is 6.50. The normalized spacial score (nSPS) is 14.4. The van der Waals surface area contributed by atoms with Crippen LogP contribution in [0.1, 0.15) is 56.1 Å².